The lowest BCUT2D eigenvalue weighted by Crippen LogP contribution is -2.29. The van der Waals surface area contributed by atoms with Crippen LogP contribution in [0.4, 0.5) is 8.78 Å². The smallest absolute Gasteiger partial charge is 0.248 e. The Morgan fingerprint density at radius 3 is 2.61 bits per heavy atom. The molecule has 18 heavy (non-hydrogen) atoms. The average molecular weight is 256 g/mol. The van der Waals surface area contributed by atoms with Crippen molar-refractivity contribution in [2.75, 3.05) is 0 Å². The zero-order chi connectivity index (χ0) is 13.3. The summed E-state index contributed by atoms with van der Waals surface area (Å²) in [6.07, 6.45) is 0.598. The maximum absolute atomic E-state index is 13.0. The largest absolute Gasteiger partial charge is 0.299 e. The van der Waals surface area contributed by atoms with Gasteiger partial charge < -0.3 is 0 Å². The van der Waals surface area contributed by atoms with Crippen molar-refractivity contribution in [3.05, 3.63) is 17.5 Å². The van der Waals surface area contributed by atoms with E-state index in [2.05, 4.69) is 5.10 Å². The highest BCUT2D eigenvalue weighted by molar-refractivity contribution is 5.83. The van der Waals surface area contributed by atoms with Crippen LogP contribution in [-0.4, -0.2) is 21.5 Å². The fourth-order valence-electron chi connectivity index (χ4n) is 2.51. The van der Waals surface area contributed by atoms with E-state index in [9.17, 15) is 13.6 Å². The fraction of sp³-hybridized carbons (Fsp3) is 0.692. The number of hydrogen-bond donors (Lipinski definition) is 0. The second-order valence-corrected chi connectivity index (χ2v) is 5.17. The van der Waals surface area contributed by atoms with Crippen molar-refractivity contribution in [1.29, 1.82) is 0 Å². The molecule has 0 unspecified atom stereocenters. The van der Waals surface area contributed by atoms with Gasteiger partial charge in [-0.3, -0.25) is 9.48 Å². The molecule has 1 heterocycles. The van der Waals surface area contributed by atoms with Gasteiger partial charge in [-0.25, -0.2) is 8.78 Å². The molecule has 3 nitrogen and oxygen atoms in total. The third kappa shape index (κ3) is 2.94. The number of ketones is 1. The van der Waals surface area contributed by atoms with Crippen LogP contribution in [0.1, 0.15) is 37.1 Å². The molecular formula is C13H18F2N2O. The summed E-state index contributed by atoms with van der Waals surface area (Å²) in [4.78, 5) is 12.1. The minimum atomic E-state index is -2.57. The van der Waals surface area contributed by atoms with E-state index < -0.39 is 5.92 Å². The quantitative estimate of drug-likeness (QED) is 0.833. The molecule has 1 fully saturated rings. The molecule has 0 aliphatic heterocycles. The van der Waals surface area contributed by atoms with E-state index in [1.807, 2.05) is 13.0 Å². The van der Waals surface area contributed by atoms with Gasteiger partial charge in [0.15, 0.2) is 0 Å². The molecule has 0 atom stereocenters. The van der Waals surface area contributed by atoms with Crippen molar-refractivity contribution < 1.29 is 13.6 Å². The first-order valence-electron chi connectivity index (χ1n) is 6.27. The first-order chi connectivity index (χ1) is 8.37. The van der Waals surface area contributed by atoms with E-state index in [0.717, 1.165) is 11.4 Å². The Hall–Kier alpha value is -1.26. The molecule has 1 aliphatic rings. The normalized spacial score (nSPS) is 20.0. The first kappa shape index (κ1) is 13.2. The molecule has 1 aromatic rings. The van der Waals surface area contributed by atoms with E-state index in [0.29, 0.717) is 19.3 Å². The van der Waals surface area contributed by atoms with E-state index in [4.69, 9.17) is 0 Å². The molecule has 0 aromatic carbocycles. The highest BCUT2D eigenvalue weighted by atomic mass is 19.3. The Balaban J connectivity index is 1.95. The van der Waals surface area contributed by atoms with Crippen molar-refractivity contribution in [3.8, 4) is 0 Å². The van der Waals surface area contributed by atoms with Crippen molar-refractivity contribution >= 4 is 5.78 Å². The van der Waals surface area contributed by atoms with E-state index in [1.165, 1.54) is 0 Å². The van der Waals surface area contributed by atoms with Gasteiger partial charge in [0.1, 0.15) is 5.78 Å². The zero-order valence-corrected chi connectivity index (χ0v) is 10.7. The number of alkyl halides is 2. The van der Waals surface area contributed by atoms with Crippen LogP contribution < -0.4 is 0 Å². The number of aryl methyl sites for hydroxylation is 2. The predicted molar refractivity (Wildman–Crippen MR) is 63.6 cm³/mol. The second-order valence-electron chi connectivity index (χ2n) is 5.17. The van der Waals surface area contributed by atoms with Crippen molar-refractivity contribution in [2.24, 2.45) is 13.0 Å². The van der Waals surface area contributed by atoms with Gasteiger partial charge in [-0.1, -0.05) is 0 Å². The molecule has 1 saturated carbocycles. The second kappa shape index (κ2) is 4.78. The molecule has 2 rings (SSSR count). The molecule has 100 valence electrons. The first-order valence-corrected chi connectivity index (χ1v) is 6.27. The molecular weight excluding hydrogens is 238 g/mol. The van der Waals surface area contributed by atoms with Crippen molar-refractivity contribution in [2.45, 2.75) is 45.0 Å². The molecule has 0 N–H and O–H groups in total. The third-order valence-corrected chi connectivity index (χ3v) is 3.63. The summed E-state index contributed by atoms with van der Waals surface area (Å²) < 4.78 is 27.7. The summed E-state index contributed by atoms with van der Waals surface area (Å²) >= 11 is 0. The van der Waals surface area contributed by atoms with Crippen LogP contribution in [0.2, 0.25) is 0 Å². The molecule has 0 amide bonds. The van der Waals surface area contributed by atoms with Crippen LogP contribution in [0, 0.1) is 12.8 Å². The number of hydrogen-bond acceptors (Lipinski definition) is 2. The van der Waals surface area contributed by atoms with Gasteiger partial charge in [0.25, 0.3) is 0 Å². The maximum atomic E-state index is 13.0. The van der Waals surface area contributed by atoms with Gasteiger partial charge in [-0.2, -0.15) is 5.10 Å². The Bertz CT molecular complexity index is 444. The molecule has 0 spiro atoms. The monoisotopic (exact) mass is 256 g/mol. The number of nitrogens with zero attached hydrogens (tertiary/aromatic N) is 2. The number of carbonyl (C=O) groups excluding carboxylic acids is 1. The standard InChI is InChI=1S/C13H18F2N2O/c1-9-7-11(17(2)16-9)8-12(18)10-3-5-13(14,15)6-4-10/h7,10H,3-6,8H2,1-2H3. The van der Waals surface area contributed by atoms with Gasteiger partial charge in [0.2, 0.25) is 5.92 Å². The van der Waals surface area contributed by atoms with Gasteiger partial charge in [0, 0.05) is 37.9 Å². The predicted octanol–water partition coefficient (Wildman–Crippen LogP) is 2.67. The Labute approximate surface area is 105 Å². The summed E-state index contributed by atoms with van der Waals surface area (Å²) in [5, 5.41) is 4.18. The van der Waals surface area contributed by atoms with Crippen molar-refractivity contribution in [3.63, 3.8) is 0 Å². The lowest BCUT2D eigenvalue weighted by molar-refractivity contribution is -0.126. The lowest BCUT2D eigenvalue weighted by Gasteiger charge is -2.27. The topological polar surface area (TPSA) is 34.9 Å². The number of aromatic nitrogens is 2. The maximum Gasteiger partial charge on any atom is 0.248 e. The van der Waals surface area contributed by atoms with Gasteiger partial charge in [0.05, 0.1) is 5.69 Å². The van der Waals surface area contributed by atoms with Crippen molar-refractivity contribution in [1.82, 2.24) is 9.78 Å². The Morgan fingerprint density at radius 2 is 2.11 bits per heavy atom. The highest BCUT2D eigenvalue weighted by Crippen LogP contribution is 2.36. The Kier molecular flexibility index (Phi) is 3.50. The molecule has 1 aromatic heterocycles. The number of rotatable bonds is 3. The van der Waals surface area contributed by atoms with Gasteiger partial charge in [-0.15, -0.1) is 0 Å². The van der Waals surface area contributed by atoms with E-state index in [-0.39, 0.29) is 24.5 Å². The van der Waals surface area contributed by atoms with Crippen LogP contribution in [0.15, 0.2) is 6.07 Å². The molecule has 1 aliphatic carbocycles. The van der Waals surface area contributed by atoms with Crippen LogP contribution in [0.5, 0.6) is 0 Å². The minimum Gasteiger partial charge on any atom is -0.299 e. The summed E-state index contributed by atoms with van der Waals surface area (Å²) in [7, 11) is 1.80. The highest BCUT2D eigenvalue weighted by Gasteiger charge is 2.37. The molecule has 5 heteroatoms. The van der Waals surface area contributed by atoms with E-state index >= 15 is 0 Å². The Morgan fingerprint density at radius 1 is 1.50 bits per heavy atom. The van der Waals surface area contributed by atoms with Gasteiger partial charge in [-0.05, 0) is 25.8 Å². The third-order valence-electron chi connectivity index (χ3n) is 3.63. The average Bonchev–Trinajstić information content (AvgIpc) is 2.57. The fourth-order valence-corrected chi connectivity index (χ4v) is 2.51. The zero-order valence-electron chi connectivity index (χ0n) is 10.7. The number of halogens is 2. The molecule has 0 radical (unpaired) electrons. The lowest BCUT2D eigenvalue weighted by atomic mass is 9.83. The number of Topliss-reactive ketones (excluding diaryl/α,β-unsaturated/α-hetero) is 1. The van der Waals surface area contributed by atoms with Crippen LogP contribution in [0.3, 0.4) is 0 Å². The van der Waals surface area contributed by atoms with Gasteiger partial charge >= 0.3 is 0 Å². The molecule has 0 saturated heterocycles. The van der Waals surface area contributed by atoms with Crippen LogP contribution >= 0.6 is 0 Å². The van der Waals surface area contributed by atoms with Crippen LogP contribution in [-0.2, 0) is 18.3 Å². The summed E-state index contributed by atoms with van der Waals surface area (Å²) in [5.41, 5.74) is 1.73. The van der Waals surface area contributed by atoms with Crippen LogP contribution in [0.25, 0.3) is 0 Å². The summed E-state index contributed by atoms with van der Waals surface area (Å²) in [6.45, 7) is 1.87. The molecule has 0 bridgehead atoms. The summed E-state index contributed by atoms with van der Waals surface area (Å²) in [6, 6.07) is 1.87. The summed E-state index contributed by atoms with van der Waals surface area (Å²) in [5.74, 6) is -2.71. The number of carbonyl (C=O) groups is 1. The minimum absolute atomic E-state index is 0.0634. The SMILES string of the molecule is Cc1cc(CC(=O)C2CCC(F)(F)CC2)n(C)n1. The van der Waals surface area contributed by atoms with E-state index in [1.54, 1.807) is 11.7 Å².